The van der Waals surface area contributed by atoms with E-state index >= 15 is 0 Å². The molecule has 0 aliphatic carbocycles. The van der Waals surface area contributed by atoms with Crippen LogP contribution in [0.25, 0.3) is 0 Å². The first-order chi connectivity index (χ1) is 14.3. The van der Waals surface area contributed by atoms with Crippen LogP contribution in [0.15, 0.2) is 24.3 Å². The summed E-state index contributed by atoms with van der Waals surface area (Å²) >= 11 is 0. The minimum absolute atomic E-state index is 0.102. The van der Waals surface area contributed by atoms with Crippen LogP contribution in [0.2, 0.25) is 0 Å². The molecule has 1 aliphatic heterocycles. The number of methoxy groups -OCH3 is 2. The highest BCUT2D eigenvalue weighted by atomic mass is 19.1. The SMILES string of the molecule is COCCOC(=O)C1C(=O)N(C)C(=O)C(C(=O)OCCOC)C1c1ccc(F)cc1. The predicted molar refractivity (Wildman–Crippen MR) is 99.6 cm³/mol. The molecule has 0 N–H and O–H groups in total. The standard InChI is InChI=1S/C20H24FNO8/c1-22-17(23)15(19(25)29-10-8-27-2)14(12-4-6-13(21)7-5-12)16(18(22)24)20(26)30-11-9-28-3/h4-7,14-16H,8-11H2,1-3H3. The van der Waals surface area contributed by atoms with Gasteiger partial charge in [-0.2, -0.15) is 0 Å². The Morgan fingerprint density at radius 1 is 0.867 bits per heavy atom. The van der Waals surface area contributed by atoms with Crippen LogP contribution in [0, 0.1) is 17.7 Å². The minimum atomic E-state index is -1.49. The van der Waals surface area contributed by atoms with Crippen LogP contribution in [-0.4, -0.2) is 76.3 Å². The molecule has 2 amide bonds. The lowest BCUT2D eigenvalue weighted by atomic mass is 9.72. The Morgan fingerprint density at radius 2 is 1.30 bits per heavy atom. The van der Waals surface area contributed by atoms with Crippen LogP contribution in [0.5, 0.6) is 0 Å². The second-order valence-electron chi connectivity index (χ2n) is 6.59. The highest BCUT2D eigenvalue weighted by molar-refractivity contribution is 6.14. The zero-order valence-electron chi connectivity index (χ0n) is 17.0. The second-order valence-corrected chi connectivity index (χ2v) is 6.59. The molecule has 2 atom stereocenters. The maximum Gasteiger partial charge on any atom is 0.319 e. The van der Waals surface area contributed by atoms with Gasteiger partial charge in [-0.25, -0.2) is 4.39 Å². The average molecular weight is 425 g/mol. The van der Waals surface area contributed by atoms with E-state index in [1.807, 2.05) is 0 Å². The fourth-order valence-corrected chi connectivity index (χ4v) is 3.22. The number of hydrogen-bond acceptors (Lipinski definition) is 8. The van der Waals surface area contributed by atoms with Crippen molar-refractivity contribution in [1.82, 2.24) is 4.90 Å². The number of benzene rings is 1. The zero-order chi connectivity index (χ0) is 22.3. The summed E-state index contributed by atoms with van der Waals surface area (Å²) in [5.41, 5.74) is 0.258. The van der Waals surface area contributed by atoms with E-state index in [-0.39, 0.29) is 32.0 Å². The van der Waals surface area contributed by atoms with Gasteiger partial charge in [0.1, 0.15) is 30.9 Å². The molecule has 10 heteroatoms. The lowest BCUT2D eigenvalue weighted by molar-refractivity contribution is -0.171. The lowest BCUT2D eigenvalue weighted by Gasteiger charge is -2.38. The third-order valence-corrected chi connectivity index (χ3v) is 4.74. The van der Waals surface area contributed by atoms with E-state index in [9.17, 15) is 23.6 Å². The first-order valence-corrected chi connectivity index (χ1v) is 9.21. The largest absolute Gasteiger partial charge is 0.463 e. The Kier molecular flexibility index (Phi) is 8.43. The molecule has 2 rings (SSSR count). The number of nitrogens with zero attached hydrogens (tertiary/aromatic N) is 1. The molecule has 0 saturated carbocycles. The van der Waals surface area contributed by atoms with E-state index in [2.05, 4.69) is 0 Å². The fraction of sp³-hybridized carbons (Fsp3) is 0.500. The number of hydrogen-bond donors (Lipinski definition) is 0. The van der Waals surface area contributed by atoms with Crippen molar-refractivity contribution in [1.29, 1.82) is 0 Å². The minimum Gasteiger partial charge on any atom is -0.463 e. The third kappa shape index (κ3) is 5.19. The van der Waals surface area contributed by atoms with Gasteiger partial charge in [-0.1, -0.05) is 12.1 Å². The van der Waals surface area contributed by atoms with Crippen LogP contribution in [0.3, 0.4) is 0 Å². The molecule has 0 radical (unpaired) electrons. The van der Waals surface area contributed by atoms with Gasteiger partial charge in [0.15, 0.2) is 0 Å². The molecule has 2 unspecified atom stereocenters. The van der Waals surface area contributed by atoms with Crippen molar-refractivity contribution in [2.75, 3.05) is 47.7 Å². The van der Waals surface area contributed by atoms with Gasteiger partial charge in [0.05, 0.1) is 13.2 Å². The highest BCUT2D eigenvalue weighted by Gasteiger charge is 2.55. The molecule has 164 valence electrons. The van der Waals surface area contributed by atoms with Crippen molar-refractivity contribution in [3.05, 3.63) is 35.6 Å². The molecule has 0 bridgehead atoms. The van der Waals surface area contributed by atoms with E-state index < -0.39 is 47.3 Å². The summed E-state index contributed by atoms with van der Waals surface area (Å²) in [4.78, 5) is 51.8. The van der Waals surface area contributed by atoms with Crippen LogP contribution in [-0.2, 0) is 38.1 Å². The summed E-state index contributed by atoms with van der Waals surface area (Å²) in [6.45, 7) is -0.0258. The van der Waals surface area contributed by atoms with Gasteiger partial charge in [-0.3, -0.25) is 24.1 Å². The molecule has 30 heavy (non-hydrogen) atoms. The molecule has 1 aliphatic rings. The number of carbonyl (C=O) groups excluding carboxylic acids is 4. The number of piperidine rings is 1. The molecular weight excluding hydrogens is 401 g/mol. The Balaban J connectivity index is 2.46. The van der Waals surface area contributed by atoms with Crippen molar-refractivity contribution in [2.45, 2.75) is 5.92 Å². The van der Waals surface area contributed by atoms with Crippen molar-refractivity contribution < 1.29 is 42.5 Å². The number of rotatable bonds is 9. The summed E-state index contributed by atoms with van der Waals surface area (Å²) in [6, 6.07) is 4.86. The Hall–Kier alpha value is -2.85. The summed E-state index contributed by atoms with van der Waals surface area (Å²) < 4.78 is 33.3. The summed E-state index contributed by atoms with van der Waals surface area (Å²) in [6.07, 6.45) is 0. The number of ether oxygens (including phenoxy) is 4. The van der Waals surface area contributed by atoms with Gasteiger partial charge in [0.2, 0.25) is 11.8 Å². The van der Waals surface area contributed by atoms with E-state index in [0.717, 1.165) is 12.1 Å². The molecule has 1 aromatic rings. The third-order valence-electron chi connectivity index (χ3n) is 4.74. The maximum atomic E-state index is 13.4. The quantitative estimate of drug-likeness (QED) is 0.244. The molecule has 0 aromatic heterocycles. The van der Waals surface area contributed by atoms with Crippen LogP contribution < -0.4 is 0 Å². The Bertz CT molecular complexity index is 740. The van der Waals surface area contributed by atoms with Crippen LogP contribution >= 0.6 is 0 Å². The van der Waals surface area contributed by atoms with Crippen LogP contribution in [0.4, 0.5) is 4.39 Å². The topological polar surface area (TPSA) is 108 Å². The molecule has 0 spiro atoms. The van der Waals surface area contributed by atoms with E-state index in [0.29, 0.717) is 4.90 Å². The molecular formula is C20H24FNO8. The Morgan fingerprint density at radius 3 is 1.70 bits per heavy atom. The predicted octanol–water partition coefficient (Wildman–Crippen LogP) is 0.520. The number of imide groups is 1. The van der Waals surface area contributed by atoms with Crippen molar-refractivity contribution in [3.63, 3.8) is 0 Å². The van der Waals surface area contributed by atoms with Crippen LogP contribution in [0.1, 0.15) is 11.5 Å². The molecule has 1 heterocycles. The normalized spacial score (nSPS) is 21.5. The van der Waals surface area contributed by atoms with E-state index in [4.69, 9.17) is 18.9 Å². The van der Waals surface area contributed by atoms with Gasteiger partial charge >= 0.3 is 11.9 Å². The summed E-state index contributed by atoms with van der Waals surface area (Å²) in [7, 11) is 4.01. The smallest absolute Gasteiger partial charge is 0.319 e. The van der Waals surface area contributed by atoms with Gasteiger partial charge < -0.3 is 18.9 Å². The number of esters is 2. The van der Waals surface area contributed by atoms with E-state index in [1.165, 1.54) is 33.4 Å². The fourth-order valence-electron chi connectivity index (χ4n) is 3.22. The molecule has 1 fully saturated rings. The molecule has 1 saturated heterocycles. The monoisotopic (exact) mass is 425 g/mol. The second kappa shape index (κ2) is 10.8. The Labute approximate surface area is 173 Å². The zero-order valence-corrected chi connectivity index (χ0v) is 17.0. The van der Waals surface area contributed by atoms with Crippen molar-refractivity contribution in [2.24, 2.45) is 11.8 Å². The van der Waals surface area contributed by atoms with Gasteiger partial charge in [-0.05, 0) is 17.7 Å². The van der Waals surface area contributed by atoms with Crippen molar-refractivity contribution in [3.8, 4) is 0 Å². The number of amides is 2. The molecule has 1 aromatic carbocycles. The maximum absolute atomic E-state index is 13.4. The number of halogens is 1. The lowest BCUT2D eigenvalue weighted by Crippen LogP contribution is -2.56. The number of likely N-dealkylation sites (tertiary alicyclic amines) is 1. The summed E-state index contributed by atoms with van der Waals surface area (Å²) in [5.74, 6) is -8.23. The highest BCUT2D eigenvalue weighted by Crippen LogP contribution is 2.40. The number of carbonyl (C=O) groups is 4. The van der Waals surface area contributed by atoms with Gasteiger partial charge in [0.25, 0.3) is 0 Å². The van der Waals surface area contributed by atoms with E-state index in [1.54, 1.807) is 0 Å². The average Bonchev–Trinajstić information content (AvgIpc) is 2.72. The molecule has 9 nitrogen and oxygen atoms in total. The van der Waals surface area contributed by atoms with Crippen molar-refractivity contribution >= 4 is 23.8 Å². The first kappa shape index (κ1) is 23.4. The summed E-state index contributed by atoms with van der Waals surface area (Å²) in [5, 5.41) is 0. The first-order valence-electron chi connectivity index (χ1n) is 9.21. The van der Waals surface area contributed by atoms with Gasteiger partial charge in [-0.15, -0.1) is 0 Å². The van der Waals surface area contributed by atoms with Gasteiger partial charge in [0, 0.05) is 27.2 Å².